The van der Waals surface area contributed by atoms with E-state index in [9.17, 15) is 14.4 Å². The standard InChI is InChI=1S/C14H19N3O4/c1-10-4-2-3-5-11(10)17(9-7-13(19)20)8-6-12(18)16-14(15)21/h2-5H,6-9H2,1H3,(H,19,20)(H3,15,16,18,21). The fourth-order valence-electron chi connectivity index (χ4n) is 1.94. The molecule has 4 N–H and O–H groups in total. The van der Waals surface area contributed by atoms with Gasteiger partial charge in [-0.15, -0.1) is 0 Å². The van der Waals surface area contributed by atoms with Gasteiger partial charge in [-0.05, 0) is 18.6 Å². The largest absolute Gasteiger partial charge is 0.481 e. The number of urea groups is 1. The minimum atomic E-state index is -0.907. The highest BCUT2D eigenvalue weighted by Gasteiger charge is 2.13. The van der Waals surface area contributed by atoms with Crippen LogP contribution in [0.3, 0.4) is 0 Å². The molecule has 7 heteroatoms. The third-order valence-corrected chi connectivity index (χ3v) is 2.92. The number of hydrogen-bond donors (Lipinski definition) is 3. The van der Waals surface area contributed by atoms with Gasteiger partial charge in [-0.25, -0.2) is 4.79 Å². The molecule has 1 aromatic rings. The number of hydrogen-bond acceptors (Lipinski definition) is 4. The second-order valence-electron chi connectivity index (χ2n) is 4.58. The number of carbonyl (C=O) groups is 3. The molecular formula is C14H19N3O4. The molecule has 0 aliphatic heterocycles. The molecule has 1 aromatic carbocycles. The first-order valence-corrected chi connectivity index (χ1v) is 6.52. The second kappa shape index (κ2) is 7.88. The fraction of sp³-hybridized carbons (Fsp3) is 0.357. The summed E-state index contributed by atoms with van der Waals surface area (Å²) in [7, 11) is 0. The average molecular weight is 293 g/mol. The van der Waals surface area contributed by atoms with Gasteiger partial charge in [0.15, 0.2) is 0 Å². The summed E-state index contributed by atoms with van der Waals surface area (Å²) in [6.45, 7) is 2.49. The summed E-state index contributed by atoms with van der Waals surface area (Å²) in [6, 6.07) is 6.61. The van der Waals surface area contributed by atoms with Crippen molar-refractivity contribution in [3.8, 4) is 0 Å². The topological polar surface area (TPSA) is 113 Å². The van der Waals surface area contributed by atoms with Gasteiger partial charge < -0.3 is 15.7 Å². The van der Waals surface area contributed by atoms with Gasteiger partial charge in [0.25, 0.3) is 0 Å². The lowest BCUT2D eigenvalue weighted by Gasteiger charge is -2.25. The molecule has 1 rings (SSSR count). The van der Waals surface area contributed by atoms with E-state index >= 15 is 0 Å². The first-order valence-electron chi connectivity index (χ1n) is 6.52. The van der Waals surface area contributed by atoms with E-state index in [2.05, 4.69) is 0 Å². The molecule has 114 valence electrons. The van der Waals surface area contributed by atoms with Gasteiger partial charge in [-0.1, -0.05) is 18.2 Å². The summed E-state index contributed by atoms with van der Waals surface area (Å²) < 4.78 is 0. The number of imide groups is 1. The zero-order valence-corrected chi connectivity index (χ0v) is 11.8. The van der Waals surface area contributed by atoms with Crippen molar-refractivity contribution in [1.82, 2.24) is 5.32 Å². The summed E-state index contributed by atoms with van der Waals surface area (Å²) in [6.07, 6.45) is 0.0165. The number of nitrogens with one attached hydrogen (secondary N) is 1. The van der Waals surface area contributed by atoms with Crippen LogP contribution in [0.4, 0.5) is 10.5 Å². The maximum atomic E-state index is 11.5. The Morgan fingerprint density at radius 3 is 2.38 bits per heavy atom. The number of nitrogens with two attached hydrogens (primary N) is 1. The Morgan fingerprint density at radius 2 is 1.81 bits per heavy atom. The minimum Gasteiger partial charge on any atom is -0.481 e. The number of para-hydroxylation sites is 1. The molecule has 0 radical (unpaired) electrons. The second-order valence-corrected chi connectivity index (χ2v) is 4.58. The zero-order valence-electron chi connectivity index (χ0n) is 11.8. The summed E-state index contributed by atoms with van der Waals surface area (Å²) in [5.41, 5.74) is 6.72. The predicted octanol–water partition coefficient (Wildman–Crippen LogP) is 0.861. The predicted molar refractivity (Wildman–Crippen MR) is 78.0 cm³/mol. The number of amides is 3. The van der Waals surface area contributed by atoms with E-state index in [4.69, 9.17) is 10.8 Å². The Balaban J connectivity index is 2.73. The van der Waals surface area contributed by atoms with Crippen LogP contribution in [0.5, 0.6) is 0 Å². The molecule has 21 heavy (non-hydrogen) atoms. The van der Waals surface area contributed by atoms with Gasteiger partial charge in [0.05, 0.1) is 6.42 Å². The van der Waals surface area contributed by atoms with Gasteiger partial charge in [0.2, 0.25) is 5.91 Å². The Kier molecular flexibility index (Phi) is 6.19. The molecule has 0 saturated carbocycles. The number of carboxylic acids is 1. The molecule has 7 nitrogen and oxygen atoms in total. The van der Waals surface area contributed by atoms with Crippen LogP contribution in [0.25, 0.3) is 0 Å². The van der Waals surface area contributed by atoms with Crippen molar-refractivity contribution < 1.29 is 19.5 Å². The summed E-state index contributed by atoms with van der Waals surface area (Å²) >= 11 is 0. The Bertz CT molecular complexity index is 531. The lowest BCUT2D eigenvalue weighted by atomic mass is 10.1. The zero-order chi connectivity index (χ0) is 15.8. The van der Waals surface area contributed by atoms with E-state index in [0.29, 0.717) is 6.54 Å². The van der Waals surface area contributed by atoms with Crippen LogP contribution in [0.1, 0.15) is 18.4 Å². The van der Waals surface area contributed by atoms with Gasteiger partial charge in [-0.2, -0.15) is 0 Å². The monoisotopic (exact) mass is 293 g/mol. The van der Waals surface area contributed by atoms with Gasteiger partial charge in [0, 0.05) is 25.2 Å². The van der Waals surface area contributed by atoms with E-state index in [0.717, 1.165) is 11.3 Å². The molecule has 0 fully saturated rings. The number of carboxylic acid groups (broad SMARTS) is 1. The van der Waals surface area contributed by atoms with Crippen LogP contribution in [0.15, 0.2) is 24.3 Å². The molecule has 0 heterocycles. The van der Waals surface area contributed by atoms with Gasteiger partial charge >= 0.3 is 12.0 Å². The quantitative estimate of drug-likeness (QED) is 0.690. The third-order valence-electron chi connectivity index (χ3n) is 2.92. The number of carbonyl (C=O) groups excluding carboxylic acids is 2. The number of nitrogens with zero attached hydrogens (tertiary/aromatic N) is 1. The first-order chi connectivity index (χ1) is 9.90. The molecular weight excluding hydrogens is 274 g/mol. The van der Waals surface area contributed by atoms with Crippen LogP contribution in [-0.4, -0.2) is 36.1 Å². The maximum absolute atomic E-state index is 11.5. The van der Waals surface area contributed by atoms with Crippen molar-refractivity contribution in [1.29, 1.82) is 0 Å². The fourth-order valence-corrected chi connectivity index (χ4v) is 1.94. The third kappa shape index (κ3) is 5.94. The molecule has 0 aromatic heterocycles. The summed E-state index contributed by atoms with van der Waals surface area (Å²) in [5.74, 6) is -1.40. The molecule has 0 aliphatic rings. The van der Waals surface area contributed by atoms with Crippen molar-refractivity contribution in [2.75, 3.05) is 18.0 Å². The Hall–Kier alpha value is -2.57. The van der Waals surface area contributed by atoms with E-state index in [-0.39, 0.29) is 19.4 Å². The molecule has 3 amide bonds. The maximum Gasteiger partial charge on any atom is 0.318 e. The van der Waals surface area contributed by atoms with Crippen LogP contribution < -0.4 is 16.0 Å². The van der Waals surface area contributed by atoms with Crippen molar-refractivity contribution >= 4 is 23.6 Å². The molecule has 0 saturated heterocycles. The van der Waals surface area contributed by atoms with Crippen LogP contribution >= 0.6 is 0 Å². The summed E-state index contributed by atoms with van der Waals surface area (Å²) in [4.78, 5) is 34.6. The number of primary amides is 1. The minimum absolute atomic E-state index is 0.0359. The van der Waals surface area contributed by atoms with Crippen LogP contribution in [0, 0.1) is 6.92 Å². The van der Waals surface area contributed by atoms with Crippen molar-refractivity contribution in [2.45, 2.75) is 19.8 Å². The highest BCUT2D eigenvalue weighted by atomic mass is 16.4. The van der Waals surface area contributed by atoms with E-state index in [1.165, 1.54) is 0 Å². The smallest absolute Gasteiger partial charge is 0.318 e. The number of rotatable bonds is 7. The van der Waals surface area contributed by atoms with Crippen LogP contribution in [0.2, 0.25) is 0 Å². The first kappa shape index (κ1) is 16.5. The van der Waals surface area contributed by atoms with Crippen molar-refractivity contribution in [2.24, 2.45) is 5.73 Å². The molecule has 0 atom stereocenters. The molecule has 0 unspecified atom stereocenters. The Labute approximate surface area is 122 Å². The lowest BCUT2D eigenvalue weighted by Crippen LogP contribution is -2.38. The van der Waals surface area contributed by atoms with Gasteiger partial charge in [-0.3, -0.25) is 14.9 Å². The van der Waals surface area contributed by atoms with E-state index in [1.807, 2.05) is 41.4 Å². The number of aryl methyl sites for hydroxylation is 1. The normalized spacial score (nSPS) is 9.95. The Morgan fingerprint density at radius 1 is 1.19 bits per heavy atom. The summed E-state index contributed by atoms with van der Waals surface area (Å²) in [5, 5.41) is 10.8. The molecule has 0 spiro atoms. The van der Waals surface area contributed by atoms with Crippen LogP contribution in [-0.2, 0) is 9.59 Å². The van der Waals surface area contributed by atoms with E-state index in [1.54, 1.807) is 0 Å². The lowest BCUT2D eigenvalue weighted by molar-refractivity contribution is -0.136. The number of aliphatic carboxylic acids is 1. The molecule has 0 aliphatic carbocycles. The molecule has 0 bridgehead atoms. The number of benzene rings is 1. The highest BCUT2D eigenvalue weighted by molar-refractivity contribution is 5.93. The van der Waals surface area contributed by atoms with E-state index < -0.39 is 17.9 Å². The van der Waals surface area contributed by atoms with Gasteiger partial charge in [0.1, 0.15) is 0 Å². The SMILES string of the molecule is Cc1ccccc1N(CCC(=O)O)CCC(=O)NC(N)=O. The van der Waals surface area contributed by atoms with Crippen molar-refractivity contribution in [3.05, 3.63) is 29.8 Å². The van der Waals surface area contributed by atoms with Crippen molar-refractivity contribution in [3.63, 3.8) is 0 Å². The highest BCUT2D eigenvalue weighted by Crippen LogP contribution is 2.19. The average Bonchev–Trinajstić information content (AvgIpc) is 2.39. The number of anilines is 1.